The first-order valence-corrected chi connectivity index (χ1v) is 11.3. The predicted octanol–water partition coefficient (Wildman–Crippen LogP) is 1.39. The smallest absolute Gasteiger partial charge is 0.408 e. The first-order chi connectivity index (χ1) is 17.3. The number of hydrogen-bond acceptors (Lipinski definition) is 11. The number of methoxy groups -OCH3 is 3. The number of hydrogen-bond donors (Lipinski definition) is 1. The molecule has 1 aromatic carbocycles. The molecule has 1 aromatic rings. The lowest BCUT2D eigenvalue weighted by Gasteiger charge is -2.33. The molecule has 0 saturated heterocycles. The van der Waals surface area contributed by atoms with Crippen LogP contribution in [-0.2, 0) is 54.1 Å². The topological polar surface area (TPSA) is 145 Å². The number of amides is 1. The molecule has 1 rings (SSSR count). The van der Waals surface area contributed by atoms with Crippen molar-refractivity contribution in [1.29, 1.82) is 0 Å². The Morgan fingerprint density at radius 1 is 0.694 bits per heavy atom. The number of esters is 3. The van der Waals surface area contributed by atoms with E-state index in [-0.39, 0.29) is 65.5 Å². The molecule has 0 heterocycles. The van der Waals surface area contributed by atoms with Gasteiger partial charge in [0.25, 0.3) is 0 Å². The first-order valence-electron chi connectivity index (χ1n) is 11.3. The van der Waals surface area contributed by atoms with Crippen molar-refractivity contribution in [3.8, 4) is 0 Å². The van der Waals surface area contributed by atoms with Crippen molar-refractivity contribution in [2.75, 3.05) is 61.0 Å². The second-order valence-electron chi connectivity index (χ2n) is 7.60. The number of benzene rings is 1. The van der Waals surface area contributed by atoms with Gasteiger partial charge >= 0.3 is 24.0 Å². The minimum atomic E-state index is -1.27. The number of alkyl carbamates (subject to hydrolysis) is 1. The van der Waals surface area contributed by atoms with Gasteiger partial charge < -0.3 is 38.5 Å². The van der Waals surface area contributed by atoms with Gasteiger partial charge in [-0.25, -0.2) is 4.79 Å². The van der Waals surface area contributed by atoms with Crippen LogP contribution in [-0.4, -0.2) is 90.5 Å². The summed E-state index contributed by atoms with van der Waals surface area (Å²) >= 11 is 0. The Labute approximate surface area is 210 Å². The second kappa shape index (κ2) is 18.1. The lowest BCUT2D eigenvalue weighted by molar-refractivity contribution is -0.142. The fraction of sp³-hybridized carbons (Fsp3) is 0.583. The zero-order chi connectivity index (χ0) is 26.7. The van der Waals surface area contributed by atoms with Crippen molar-refractivity contribution < 1.29 is 52.3 Å². The van der Waals surface area contributed by atoms with E-state index in [0.717, 1.165) is 5.56 Å². The van der Waals surface area contributed by atoms with Crippen molar-refractivity contribution in [2.45, 2.75) is 31.4 Å². The SMILES string of the molecule is COC(=O)CCOCC(COCCC(=O)OC)(COCCC(=O)OC)NC(=O)OCc1ccccc1. The summed E-state index contributed by atoms with van der Waals surface area (Å²) in [5, 5.41) is 2.72. The van der Waals surface area contributed by atoms with E-state index in [0.29, 0.717) is 0 Å². The van der Waals surface area contributed by atoms with Crippen molar-refractivity contribution >= 4 is 24.0 Å². The molecule has 0 aromatic heterocycles. The second-order valence-corrected chi connectivity index (χ2v) is 7.60. The van der Waals surface area contributed by atoms with Crippen molar-refractivity contribution in [1.82, 2.24) is 5.32 Å². The summed E-state index contributed by atoms with van der Waals surface area (Å²) in [6.07, 6.45) is -0.768. The van der Waals surface area contributed by atoms with Gasteiger partial charge in [0.2, 0.25) is 0 Å². The predicted molar refractivity (Wildman–Crippen MR) is 125 cm³/mol. The summed E-state index contributed by atoms with van der Waals surface area (Å²) in [5.41, 5.74) is -0.480. The fourth-order valence-corrected chi connectivity index (χ4v) is 2.78. The summed E-state index contributed by atoms with van der Waals surface area (Å²) in [5.74, 6) is -1.38. The van der Waals surface area contributed by atoms with Gasteiger partial charge in [-0.05, 0) is 5.56 Å². The molecule has 36 heavy (non-hydrogen) atoms. The molecule has 0 atom stereocenters. The third kappa shape index (κ3) is 13.6. The van der Waals surface area contributed by atoms with Crippen LogP contribution in [0.1, 0.15) is 24.8 Å². The molecule has 202 valence electrons. The lowest BCUT2D eigenvalue weighted by Crippen LogP contribution is -2.58. The van der Waals surface area contributed by atoms with Crippen LogP contribution in [0.2, 0.25) is 0 Å². The van der Waals surface area contributed by atoms with Gasteiger partial charge in [-0.1, -0.05) is 30.3 Å². The average molecular weight is 514 g/mol. The summed E-state index contributed by atoms with van der Waals surface area (Å²) in [7, 11) is 3.80. The van der Waals surface area contributed by atoms with Crippen molar-refractivity contribution in [2.24, 2.45) is 0 Å². The van der Waals surface area contributed by atoms with Crippen molar-refractivity contribution in [3.63, 3.8) is 0 Å². The Hall–Kier alpha value is -3.22. The molecule has 0 spiro atoms. The summed E-state index contributed by atoms with van der Waals surface area (Å²) < 4.78 is 36.0. The summed E-state index contributed by atoms with van der Waals surface area (Å²) in [6, 6.07) is 9.10. The Morgan fingerprint density at radius 3 is 1.50 bits per heavy atom. The number of carbonyl (C=O) groups is 4. The molecule has 0 radical (unpaired) electrons. The third-order valence-corrected chi connectivity index (χ3v) is 4.75. The molecule has 0 fully saturated rings. The number of rotatable bonds is 18. The van der Waals surface area contributed by atoms with Crippen LogP contribution in [0.25, 0.3) is 0 Å². The standard InChI is InChI=1S/C24H35NO11/c1-30-20(26)9-12-33-16-24(17-34-13-10-21(27)31-2,18-35-14-11-22(28)32-3)25-23(29)36-15-19-7-5-4-6-8-19/h4-8H,9-18H2,1-3H3,(H,25,29). The number of ether oxygens (including phenoxy) is 7. The van der Waals surface area contributed by atoms with Gasteiger partial charge in [0, 0.05) is 0 Å². The van der Waals surface area contributed by atoms with Crippen LogP contribution >= 0.6 is 0 Å². The maximum atomic E-state index is 12.7. The van der Waals surface area contributed by atoms with Crippen LogP contribution in [0.3, 0.4) is 0 Å². The highest BCUT2D eigenvalue weighted by atomic mass is 16.6. The highest BCUT2D eigenvalue weighted by molar-refractivity contribution is 5.70. The summed E-state index contributed by atoms with van der Waals surface area (Å²) in [4.78, 5) is 46.9. The average Bonchev–Trinajstić information content (AvgIpc) is 2.90. The van der Waals surface area contributed by atoms with E-state index in [2.05, 4.69) is 19.5 Å². The number of nitrogens with one attached hydrogen (secondary N) is 1. The molecule has 0 aliphatic carbocycles. The van der Waals surface area contributed by atoms with E-state index in [1.807, 2.05) is 30.3 Å². The highest BCUT2D eigenvalue weighted by Gasteiger charge is 2.35. The number of carbonyl (C=O) groups excluding carboxylic acids is 4. The maximum absolute atomic E-state index is 12.7. The Morgan fingerprint density at radius 2 is 1.11 bits per heavy atom. The van der Waals surface area contributed by atoms with E-state index in [9.17, 15) is 19.2 Å². The molecular formula is C24H35NO11. The highest BCUT2D eigenvalue weighted by Crippen LogP contribution is 2.12. The van der Waals surface area contributed by atoms with Gasteiger partial charge in [-0.15, -0.1) is 0 Å². The molecule has 1 N–H and O–H groups in total. The Kier molecular flexibility index (Phi) is 15.5. The molecular weight excluding hydrogens is 478 g/mol. The first kappa shape index (κ1) is 30.8. The maximum Gasteiger partial charge on any atom is 0.408 e. The fourth-order valence-electron chi connectivity index (χ4n) is 2.78. The molecule has 1 amide bonds. The van der Waals surface area contributed by atoms with E-state index >= 15 is 0 Å². The van der Waals surface area contributed by atoms with E-state index in [1.54, 1.807) is 0 Å². The van der Waals surface area contributed by atoms with Gasteiger partial charge in [-0.2, -0.15) is 0 Å². The monoisotopic (exact) mass is 513 g/mol. The minimum absolute atomic E-state index is 0.00255. The third-order valence-electron chi connectivity index (χ3n) is 4.75. The van der Waals surface area contributed by atoms with Crippen LogP contribution in [0.4, 0.5) is 4.79 Å². The van der Waals surface area contributed by atoms with E-state index in [4.69, 9.17) is 18.9 Å². The van der Waals surface area contributed by atoms with Crippen LogP contribution < -0.4 is 5.32 Å². The van der Waals surface area contributed by atoms with E-state index < -0.39 is 29.5 Å². The summed E-state index contributed by atoms with van der Waals surface area (Å²) in [6.45, 7) is -0.306. The molecule has 0 bridgehead atoms. The van der Waals surface area contributed by atoms with E-state index in [1.165, 1.54) is 21.3 Å². The van der Waals surface area contributed by atoms with Crippen LogP contribution in [0.15, 0.2) is 30.3 Å². The van der Waals surface area contributed by atoms with Crippen LogP contribution in [0, 0.1) is 0 Å². The Balaban J connectivity index is 2.88. The van der Waals surface area contributed by atoms with Gasteiger partial charge in [0.15, 0.2) is 0 Å². The molecule has 0 aliphatic heterocycles. The largest absolute Gasteiger partial charge is 0.469 e. The van der Waals surface area contributed by atoms with Crippen molar-refractivity contribution in [3.05, 3.63) is 35.9 Å². The van der Waals surface area contributed by atoms with Gasteiger partial charge in [-0.3, -0.25) is 14.4 Å². The zero-order valence-electron chi connectivity index (χ0n) is 20.9. The lowest BCUT2D eigenvalue weighted by atomic mass is 10.0. The normalized spacial score (nSPS) is 10.9. The molecule has 0 saturated carbocycles. The molecule has 0 unspecified atom stereocenters. The van der Waals surface area contributed by atoms with Gasteiger partial charge in [0.05, 0.1) is 80.2 Å². The molecule has 12 heteroatoms. The van der Waals surface area contributed by atoms with Crippen LogP contribution in [0.5, 0.6) is 0 Å². The molecule has 12 nitrogen and oxygen atoms in total. The Bertz CT molecular complexity index is 741. The quantitative estimate of drug-likeness (QED) is 0.173. The van der Waals surface area contributed by atoms with Gasteiger partial charge in [0.1, 0.15) is 12.1 Å². The minimum Gasteiger partial charge on any atom is -0.469 e. The molecule has 0 aliphatic rings. The zero-order valence-corrected chi connectivity index (χ0v) is 20.9.